The molecule has 1 aromatic carbocycles. The summed E-state index contributed by atoms with van der Waals surface area (Å²) in [5.41, 5.74) is 0.689. The zero-order valence-corrected chi connectivity index (χ0v) is 13.6. The predicted molar refractivity (Wildman–Crippen MR) is 92.2 cm³/mol. The number of nitrogens with zero attached hydrogens (tertiary/aromatic N) is 3. The lowest BCUT2D eigenvalue weighted by atomic mass is 10.3. The number of aromatic nitrogens is 3. The van der Waals surface area contributed by atoms with Gasteiger partial charge in [-0.15, -0.1) is 6.58 Å². The van der Waals surface area contributed by atoms with Crippen LogP contribution < -0.4 is 11.0 Å². The van der Waals surface area contributed by atoms with Gasteiger partial charge in [0.2, 0.25) is 5.91 Å². The molecule has 3 rings (SSSR count). The van der Waals surface area contributed by atoms with Crippen LogP contribution in [0, 0.1) is 0 Å². The Bertz CT molecular complexity index is 772. The molecule has 1 N–H and O–H groups in total. The molecule has 0 bridgehead atoms. The number of hydrogen-bond acceptors (Lipinski definition) is 3. The lowest BCUT2D eigenvalue weighted by Crippen LogP contribution is -2.31. The highest BCUT2D eigenvalue weighted by Crippen LogP contribution is 2.39. The number of allylic oxidation sites excluding steroid dienone is 1. The second-order valence-electron chi connectivity index (χ2n) is 5.99. The van der Waals surface area contributed by atoms with Gasteiger partial charge in [0.1, 0.15) is 5.82 Å². The van der Waals surface area contributed by atoms with Crippen molar-refractivity contribution in [2.24, 2.45) is 0 Å². The molecule has 0 spiro atoms. The predicted octanol–water partition coefficient (Wildman–Crippen LogP) is 1.99. The van der Waals surface area contributed by atoms with Gasteiger partial charge >= 0.3 is 5.69 Å². The average molecular weight is 326 g/mol. The van der Waals surface area contributed by atoms with Gasteiger partial charge < -0.3 is 5.32 Å². The Balaban J connectivity index is 1.74. The van der Waals surface area contributed by atoms with E-state index in [0.717, 1.165) is 24.4 Å². The molecule has 1 heterocycles. The first kappa shape index (κ1) is 16.2. The molecular formula is C18H22N4O2. The highest BCUT2D eigenvalue weighted by Gasteiger charge is 2.31. The second kappa shape index (κ2) is 7.29. The molecule has 6 heteroatoms. The van der Waals surface area contributed by atoms with E-state index in [-0.39, 0.29) is 11.6 Å². The third kappa shape index (κ3) is 3.64. The van der Waals surface area contributed by atoms with E-state index in [1.54, 1.807) is 10.6 Å². The third-order valence-corrected chi connectivity index (χ3v) is 4.04. The Hall–Kier alpha value is -2.63. The standard InChI is InChI=1S/C18H22N4O2/c1-2-3-9-16(23)19-12-13-21-18(24)22(15-7-5-4-6-8-15)17(20-21)14-10-11-14/h2,4-8,14H,1,3,9-13H2,(H,19,23). The summed E-state index contributed by atoms with van der Waals surface area (Å²) in [6, 6.07) is 9.58. The minimum Gasteiger partial charge on any atom is -0.354 e. The van der Waals surface area contributed by atoms with Crippen molar-refractivity contribution in [3.05, 3.63) is 59.3 Å². The Morgan fingerprint density at radius 1 is 1.33 bits per heavy atom. The molecule has 0 aliphatic heterocycles. The summed E-state index contributed by atoms with van der Waals surface area (Å²) in [5, 5.41) is 7.32. The van der Waals surface area contributed by atoms with Crippen molar-refractivity contribution >= 4 is 5.91 Å². The highest BCUT2D eigenvalue weighted by atomic mass is 16.2. The van der Waals surface area contributed by atoms with Crippen LogP contribution in [0.5, 0.6) is 0 Å². The molecule has 0 unspecified atom stereocenters. The van der Waals surface area contributed by atoms with Gasteiger partial charge in [-0.25, -0.2) is 14.0 Å². The first-order valence-corrected chi connectivity index (χ1v) is 8.33. The maximum atomic E-state index is 12.7. The van der Waals surface area contributed by atoms with Gasteiger partial charge in [0.15, 0.2) is 0 Å². The first-order chi connectivity index (χ1) is 11.7. The molecule has 6 nitrogen and oxygen atoms in total. The minimum atomic E-state index is -0.150. The van der Waals surface area contributed by atoms with Crippen molar-refractivity contribution in [2.45, 2.75) is 38.1 Å². The van der Waals surface area contributed by atoms with Gasteiger partial charge in [0, 0.05) is 18.9 Å². The molecule has 1 aliphatic carbocycles. The van der Waals surface area contributed by atoms with Crippen LogP contribution in [-0.2, 0) is 11.3 Å². The molecule has 1 aromatic heterocycles. The van der Waals surface area contributed by atoms with E-state index in [9.17, 15) is 9.59 Å². The number of rotatable bonds is 8. The van der Waals surface area contributed by atoms with E-state index in [2.05, 4.69) is 17.0 Å². The molecule has 24 heavy (non-hydrogen) atoms. The third-order valence-electron chi connectivity index (χ3n) is 4.04. The van der Waals surface area contributed by atoms with E-state index in [4.69, 9.17) is 0 Å². The summed E-state index contributed by atoms with van der Waals surface area (Å²) in [7, 11) is 0. The molecular weight excluding hydrogens is 304 g/mol. The van der Waals surface area contributed by atoms with Gasteiger partial charge in [0.25, 0.3) is 0 Å². The van der Waals surface area contributed by atoms with Crippen molar-refractivity contribution in [3.8, 4) is 5.69 Å². The van der Waals surface area contributed by atoms with Gasteiger partial charge in [-0.05, 0) is 31.4 Å². The normalized spacial score (nSPS) is 13.7. The Morgan fingerprint density at radius 3 is 2.75 bits per heavy atom. The van der Waals surface area contributed by atoms with Crippen molar-refractivity contribution in [3.63, 3.8) is 0 Å². The fourth-order valence-electron chi connectivity index (χ4n) is 2.62. The number of carbonyl (C=O) groups excluding carboxylic acids is 1. The summed E-state index contributed by atoms with van der Waals surface area (Å²) >= 11 is 0. The smallest absolute Gasteiger partial charge is 0.350 e. The molecule has 1 saturated carbocycles. The summed E-state index contributed by atoms with van der Waals surface area (Å²) < 4.78 is 3.14. The first-order valence-electron chi connectivity index (χ1n) is 8.33. The number of carbonyl (C=O) groups is 1. The van der Waals surface area contributed by atoms with Crippen LogP contribution in [0.1, 0.15) is 37.4 Å². The Morgan fingerprint density at radius 2 is 2.08 bits per heavy atom. The number of hydrogen-bond donors (Lipinski definition) is 1. The number of amides is 1. The van der Waals surface area contributed by atoms with E-state index in [1.165, 1.54) is 4.68 Å². The van der Waals surface area contributed by atoms with Crippen LogP contribution in [0.15, 0.2) is 47.8 Å². The lowest BCUT2D eigenvalue weighted by molar-refractivity contribution is -0.121. The molecule has 126 valence electrons. The SMILES string of the molecule is C=CCCC(=O)NCCn1nc(C2CC2)n(-c2ccccc2)c1=O. The summed E-state index contributed by atoms with van der Waals surface area (Å²) in [5.74, 6) is 1.15. The van der Waals surface area contributed by atoms with Gasteiger partial charge in [-0.2, -0.15) is 5.10 Å². The highest BCUT2D eigenvalue weighted by molar-refractivity contribution is 5.75. The van der Waals surface area contributed by atoms with Crippen LogP contribution >= 0.6 is 0 Å². The van der Waals surface area contributed by atoms with Gasteiger partial charge in [0.05, 0.1) is 12.2 Å². The fourth-order valence-corrected chi connectivity index (χ4v) is 2.62. The van der Waals surface area contributed by atoms with E-state index >= 15 is 0 Å². The van der Waals surface area contributed by atoms with Crippen molar-refractivity contribution < 1.29 is 4.79 Å². The van der Waals surface area contributed by atoms with Crippen LogP contribution in [0.2, 0.25) is 0 Å². The topological polar surface area (TPSA) is 68.9 Å². The molecule has 1 fully saturated rings. The minimum absolute atomic E-state index is 0.0344. The van der Waals surface area contributed by atoms with Crippen LogP contribution in [0.25, 0.3) is 5.69 Å². The van der Waals surface area contributed by atoms with Crippen LogP contribution in [0.4, 0.5) is 0 Å². The summed E-state index contributed by atoms with van der Waals surface area (Å²) in [6.07, 6.45) is 4.93. The number of benzene rings is 1. The quantitative estimate of drug-likeness (QED) is 0.754. The zero-order chi connectivity index (χ0) is 16.9. The molecule has 1 amide bonds. The molecule has 1 aliphatic rings. The Labute approximate surface area is 140 Å². The van der Waals surface area contributed by atoms with Crippen molar-refractivity contribution in [2.75, 3.05) is 6.54 Å². The lowest BCUT2D eigenvalue weighted by Gasteiger charge is -2.04. The fraction of sp³-hybridized carbons (Fsp3) is 0.389. The number of nitrogens with one attached hydrogen (secondary N) is 1. The summed E-state index contributed by atoms with van der Waals surface area (Å²) in [4.78, 5) is 24.3. The molecule has 2 aromatic rings. The second-order valence-corrected chi connectivity index (χ2v) is 5.99. The van der Waals surface area contributed by atoms with Crippen molar-refractivity contribution in [1.29, 1.82) is 0 Å². The Kier molecular flexibility index (Phi) is 4.93. The maximum absolute atomic E-state index is 12.7. The molecule has 0 saturated heterocycles. The maximum Gasteiger partial charge on any atom is 0.350 e. The van der Waals surface area contributed by atoms with Gasteiger partial charge in [-0.1, -0.05) is 24.3 Å². The van der Waals surface area contributed by atoms with Crippen LogP contribution in [-0.4, -0.2) is 26.8 Å². The molecule has 0 atom stereocenters. The monoisotopic (exact) mass is 326 g/mol. The van der Waals surface area contributed by atoms with E-state index in [1.807, 2.05) is 30.3 Å². The van der Waals surface area contributed by atoms with Crippen LogP contribution in [0.3, 0.4) is 0 Å². The van der Waals surface area contributed by atoms with E-state index in [0.29, 0.717) is 31.8 Å². The molecule has 0 radical (unpaired) electrons. The zero-order valence-electron chi connectivity index (χ0n) is 13.6. The van der Waals surface area contributed by atoms with Gasteiger partial charge in [-0.3, -0.25) is 4.79 Å². The largest absolute Gasteiger partial charge is 0.354 e. The van der Waals surface area contributed by atoms with E-state index < -0.39 is 0 Å². The average Bonchev–Trinajstić information content (AvgIpc) is 3.39. The number of para-hydroxylation sites is 1. The van der Waals surface area contributed by atoms with Crippen molar-refractivity contribution in [1.82, 2.24) is 19.7 Å². The summed E-state index contributed by atoms with van der Waals surface area (Å²) in [6.45, 7) is 4.37.